The molecule has 144 valence electrons. The van der Waals surface area contributed by atoms with Crippen LogP contribution < -0.4 is 4.90 Å². The zero-order valence-electron chi connectivity index (χ0n) is 16.2. The molecular formula is C27H19NO2. The first-order chi connectivity index (χ1) is 14.8. The smallest absolute Gasteiger partial charge is 0.336 e. The van der Waals surface area contributed by atoms with E-state index < -0.39 is 5.97 Å². The van der Waals surface area contributed by atoms with E-state index in [1.807, 2.05) is 84.9 Å². The number of nitrogens with zero attached hydrogens (tertiary/aromatic N) is 1. The van der Waals surface area contributed by atoms with Crippen molar-refractivity contribution in [3.8, 4) is 0 Å². The highest BCUT2D eigenvalue weighted by Crippen LogP contribution is 2.45. The van der Waals surface area contributed by atoms with Crippen molar-refractivity contribution >= 4 is 44.6 Å². The third kappa shape index (κ3) is 2.88. The van der Waals surface area contributed by atoms with Gasteiger partial charge in [-0.25, -0.2) is 4.79 Å². The van der Waals surface area contributed by atoms with Crippen LogP contribution in [0.5, 0.6) is 0 Å². The summed E-state index contributed by atoms with van der Waals surface area (Å²) in [5, 5.41) is 13.3. The van der Waals surface area contributed by atoms with Crippen LogP contribution in [0.3, 0.4) is 0 Å². The van der Waals surface area contributed by atoms with Crippen LogP contribution in [0, 0.1) is 0 Å². The third-order valence-corrected chi connectivity index (χ3v) is 5.37. The van der Waals surface area contributed by atoms with Gasteiger partial charge in [-0.15, -0.1) is 0 Å². The molecule has 0 aromatic heterocycles. The highest BCUT2D eigenvalue weighted by Gasteiger charge is 2.23. The van der Waals surface area contributed by atoms with Gasteiger partial charge < -0.3 is 10.0 Å². The van der Waals surface area contributed by atoms with Gasteiger partial charge in [0.2, 0.25) is 0 Å². The van der Waals surface area contributed by atoms with E-state index >= 15 is 0 Å². The lowest BCUT2D eigenvalue weighted by atomic mass is 9.93. The summed E-state index contributed by atoms with van der Waals surface area (Å²) >= 11 is 0. The number of hydrogen-bond acceptors (Lipinski definition) is 2. The predicted octanol–water partition coefficient (Wildman–Crippen LogP) is 7.16. The number of benzene rings is 5. The fraction of sp³-hybridized carbons (Fsp3) is 0. The van der Waals surface area contributed by atoms with E-state index in [4.69, 9.17) is 0 Å². The molecule has 1 N–H and O–H groups in total. The van der Waals surface area contributed by atoms with Crippen LogP contribution in [0.1, 0.15) is 10.4 Å². The summed E-state index contributed by atoms with van der Waals surface area (Å²) in [5.41, 5.74) is 3.35. The van der Waals surface area contributed by atoms with Gasteiger partial charge in [-0.05, 0) is 35.0 Å². The number of carbonyl (C=O) groups is 1. The van der Waals surface area contributed by atoms with E-state index in [-0.39, 0.29) is 0 Å². The van der Waals surface area contributed by atoms with Gasteiger partial charge in [0, 0.05) is 22.1 Å². The van der Waals surface area contributed by atoms with Gasteiger partial charge in [0.05, 0.1) is 11.3 Å². The Kier molecular flexibility index (Phi) is 4.41. The predicted molar refractivity (Wildman–Crippen MR) is 123 cm³/mol. The Labute approximate surface area is 174 Å². The van der Waals surface area contributed by atoms with E-state index in [9.17, 15) is 9.90 Å². The summed E-state index contributed by atoms with van der Waals surface area (Å²) in [6.45, 7) is 0. The minimum absolute atomic E-state index is 0.339. The summed E-state index contributed by atoms with van der Waals surface area (Å²) in [7, 11) is 0. The number of anilines is 3. The molecule has 30 heavy (non-hydrogen) atoms. The molecule has 0 saturated carbocycles. The topological polar surface area (TPSA) is 40.5 Å². The van der Waals surface area contributed by atoms with Gasteiger partial charge in [0.15, 0.2) is 0 Å². The number of carboxylic acids is 1. The molecule has 0 fully saturated rings. The van der Waals surface area contributed by atoms with Crippen LogP contribution in [-0.4, -0.2) is 11.1 Å². The Morgan fingerprint density at radius 3 is 1.30 bits per heavy atom. The molecule has 0 aliphatic rings. The van der Waals surface area contributed by atoms with Gasteiger partial charge in [0.1, 0.15) is 0 Å². The van der Waals surface area contributed by atoms with Crippen LogP contribution in [-0.2, 0) is 0 Å². The second kappa shape index (κ2) is 7.37. The molecule has 0 aliphatic heterocycles. The summed E-state index contributed by atoms with van der Waals surface area (Å²) in [6, 6.07) is 35.8. The molecule has 3 nitrogen and oxygen atoms in total. The monoisotopic (exact) mass is 389 g/mol. The van der Waals surface area contributed by atoms with Gasteiger partial charge in [-0.1, -0.05) is 84.9 Å². The third-order valence-electron chi connectivity index (χ3n) is 5.37. The van der Waals surface area contributed by atoms with Gasteiger partial charge in [-0.3, -0.25) is 0 Å². The minimum atomic E-state index is -0.917. The quantitative estimate of drug-likeness (QED) is 0.332. The summed E-state index contributed by atoms with van der Waals surface area (Å²) in [4.78, 5) is 14.4. The van der Waals surface area contributed by atoms with E-state index in [1.165, 1.54) is 0 Å². The van der Waals surface area contributed by atoms with Crippen LogP contribution in [0.15, 0.2) is 109 Å². The van der Waals surface area contributed by atoms with Crippen molar-refractivity contribution in [3.63, 3.8) is 0 Å². The number of aromatic carboxylic acids is 1. The Hall–Kier alpha value is -4.11. The summed E-state index contributed by atoms with van der Waals surface area (Å²) < 4.78 is 0. The molecule has 5 rings (SSSR count). The van der Waals surface area contributed by atoms with Crippen molar-refractivity contribution in [1.82, 2.24) is 0 Å². The van der Waals surface area contributed by atoms with E-state index in [0.29, 0.717) is 5.56 Å². The van der Waals surface area contributed by atoms with Crippen molar-refractivity contribution in [1.29, 1.82) is 0 Å². The van der Waals surface area contributed by atoms with Gasteiger partial charge in [0.25, 0.3) is 0 Å². The van der Waals surface area contributed by atoms with Crippen molar-refractivity contribution in [3.05, 3.63) is 115 Å². The first-order valence-electron chi connectivity index (χ1n) is 9.82. The number of hydrogen-bond donors (Lipinski definition) is 1. The number of para-hydroxylation sites is 2. The van der Waals surface area contributed by atoms with Crippen LogP contribution in [0.2, 0.25) is 0 Å². The molecule has 0 amide bonds. The standard InChI is InChI=1S/C27H19NO2/c29-27(30)25-21-15-7-9-17-23(21)26(24-18-10-8-16-22(24)25)28(19-11-3-1-4-12-19)20-13-5-2-6-14-20/h1-18H,(H,29,30). The lowest BCUT2D eigenvalue weighted by Crippen LogP contribution is -2.12. The fourth-order valence-corrected chi connectivity index (χ4v) is 4.14. The van der Waals surface area contributed by atoms with E-state index in [1.54, 1.807) is 0 Å². The fourth-order valence-electron chi connectivity index (χ4n) is 4.14. The molecule has 5 aromatic rings. The Balaban J connectivity index is 1.98. The van der Waals surface area contributed by atoms with Crippen LogP contribution in [0.25, 0.3) is 21.5 Å². The first-order valence-corrected chi connectivity index (χ1v) is 9.82. The maximum absolute atomic E-state index is 12.2. The molecule has 0 saturated heterocycles. The average molecular weight is 389 g/mol. The minimum Gasteiger partial charge on any atom is -0.478 e. The molecule has 0 radical (unpaired) electrons. The molecule has 0 aliphatic carbocycles. The summed E-state index contributed by atoms with van der Waals surface area (Å²) in [5.74, 6) is -0.917. The van der Waals surface area contributed by atoms with Crippen LogP contribution in [0.4, 0.5) is 17.1 Å². The molecule has 0 atom stereocenters. The molecular weight excluding hydrogens is 370 g/mol. The average Bonchev–Trinajstić information content (AvgIpc) is 2.80. The Morgan fingerprint density at radius 1 is 0.533 bits per heavy atom. The van der Waals surface area contributed by atoms with Gasteiger partial charge in [-0.2, -0.15) is 0 Å². The highest BCUT2D eigenvalue weighted by molar-refractivity contribution is 6.23. The molecule has 0 spiro atoms. The zero-order valence-corrected chi connectivity index (χ0v) is 16.2. The Bertz CT molecular complexity index is 1270. The second-order valence-corrected chi connectivity index (χ2v) is 7.13. The first kappa shape index (κ1) is 18.0. The van der Waals surface area contributed by atoms with Gasteiger partial charge >= 0.3 is 5.97 Å². The van der Waals surface area contributed by atoms with Crippen molar-refractivity contribution < 1.29 is 9.90 Å². The molecule has 3 heteroatoms. The normalized spacial score (nSPS) is 10.9. The zero-order chi connectivity index (χ0) is 20.5. The summed E-state index contributed by atoms with van der Waals surface area (Å²) in [6.07, 6.45) is 0. The van der Waals surface area contributed by atoms with E-state index in [0.717, 1.165) is 38.6 Å². The van der Waals surface area contributed by atoms with Crippen LogP contribution >= 0.6 is 0 Å². The van der Waals surface area contributed by atoms with Crippen molar-refractivity contribution in [2.75, 3.05) is 4.90 Å². The lowest BCUT2D eigenvalue weighted by molar-refractivity contribution is 0.0701. The molecule has 0 unspecified atom stereocenters. The number of rotatable bonds is 4. The molecule has 5 aromatic carbocycles. The SMILES string of the molecule is O=C(O)c1c2ccccc2c(N(c2ccccc2)c2ccccc2)c2ccccc12. The lowest BCUT2D eigenvalue weighted by Gasteiger charge is -2.29. The maximum Gasteiger partial charge on any atom is 0.336 e. The number of carboxylic acid groups (broad SMARTS) is 1. The molecule has 0 bridgehead atoms. The van der Waals surface area contributed by atoms with E-state index in [2.05, 4.69) is 29.2 Å². The van der Waals surface area contributed by atoms with Crippen molar-refractivity contribution in [2.45, 2.75) is 0 Å². The second-order valence-electron chi connectivity index (χ2n) is 7.13. The molecule has 0 heterocycles. The Morgan fingerprint density at radius 2 is 0.900 bits per heavy atom. The van der Waals surface area contributed by atoms with Crippen molar-refractivity contribution in [2.24, 2.45) is 0 Å². The number of fused-ring (bicyclic) bond motifs is 2. The highest BCUT2D eigenvalue weighted by atomic mass is 16.4. The largest absolute Gasteiger partial charge is 0.478 e. The maximum atomic E-state index is 12.2.